The largest absolute Gasteiger partial charge is 0.466 e. The summed E-state index contributed by atoms with van der Waals surface area (Å²) in [5.41, 5.74) is 0. The van der Waals surface area contributed by atoms with Crippen LogP contribution in [-0.4, -0.2) is 28.5 Å². The predicted molar refractivity (Wildman–Crippen MR) is 104 cm³/mol. The van der Waals surface area contributed by atoms with Crippen LogP contribution in [0.15, 0.2) is 0 Å². The zero-order valence-electron chi connectivity index (χ0n) is 13.7. The maximum atomic E-state index is 11.4. The Balaban J connectivity index is 3.09. The molecule has 0 unspecified atom stereocenters. The van der Waals surface area contributed by atoms with E-state index < -0.39 is 0 Å². The fourth-order valence-electron chi connectivity index (χ4n) is 2.16. The minimum Gasteiger partial charge on any atom is -0.466 e. The van der Waals surface area contributed by atoms with Crippen LogP contribution in [0.2, 0.25) is 0 Å². The molecule has 0 N–H and O–H groups in total. The summed E-state index contributed by atoms with van der Waals surface area (Å²) < 4.78 is 6.39. The number of thioether (sulfide) groups is 1. The van der Waals surface area contributed by atoms with E-state index in [2.05, 4.69) is 29.5 Å². The van der Waals surface area contributed by atoms with Crippen molar-refractivity contribution in [2.24, 2.45) is 0 Å². The molecule has 0 atom stereocenters. The fourth-order valence-corrected chi connectivity index (χ4v) is 3.72. The summed E-state index contributed by atoms with van der Waals surface area (Å²) in [5, 5.41) is 0. The van der Waals surface area contributed by atoms with E-state index in [9.17, 15) is 4.79 Å². The summed E-state index contributed by atoms with van der Waals surface area (Å²) in [7, 11) is 0. The highest BCUT2D eigenvalue weighted by atomic mass is 127. The molecule has 0 heterocycles. The molecule has 0 spiro atoms. The Labute approximate surface area is 149 Å². The molecule has 2 nitrogen and oxygen atoms in total. The maximum Gasteiger partial charge on any atom is 0.306 e. The molecule has 0 aliphatic carbocycles. The Morgan fingerprint density at radius 2 is 1.48 bits per heavy atom. The lowest BCUT2D eigenvalue weighted by atomic mass is 10.1. The second-order valence-corrected chi connectivity index (χ2v) is 7.76. The summed E-state index contributed by atoms with van der Waals surface area (Å²) in [5.74, 6) is 2.01. The highest BCUT2D eigenvalue weighted by Gasteiger charge is 2.02. The highest BCUT2D eigenvalue weighted by Crippen LogP contribution is 2.10. The molecule has 0 saturated heterocycles. The van der Waals surface area contributed by atoms with Crippen LogP contribution < -0.4 is 0 Å². The van der Waals surface area contributed by atoms with E-state index in [1.807, 2.05) is 11.8 Å². The second-order valence-electron chi connectivity index (χ2n) is 5.45. The minimum atomic E-state index is -0.0214. The number of unbranched alkanes of at least 4 members (excludes halogenated alkanes) is 9. The lowest BCUT2D eigenvalue weighted by Gasteiger charge is -2.05. The zero-order chi connectivity index (χ0) is 15.6. The number of alkyl halides is 1. The monoisotopic (exact) mass is 428 g/mol. The van der Waals surface area contributed by atoms with Crippen molar-refractivity contribution in [1.29, 1.82) is 0 Å². The molecule has 0 aliphatic heterocycles. The maximum absolute atomic E-state index is 11.4. The molecular formula is C17H33IO2S. The first kappa shape index (κ1) is 21.6. The average molecular weight is 428 g/mol. The van der Waals surface area contributed by atoms with Gasteiger partial charge in [-0.15, -0.1) is 0 Å². The third kappa shape index (κ3) is 18.5. The summed E-state index contributed by atoms with van der Waals surface area (Å²) in [4.78, 5) is 11.4. The van der Waals surface area contributed by atoms with E-state index in [1.165, 1.54) is 57.8 Å². The lowest BCUT2D eigenvalue weighted by Crippen LogP contribution is -2.07. The van der Waals surface area contributed by atoms with Gasteiger partial charge in [-0.1, -0.05) is 87.3 Å². The molecule has 0 saturated carbocycles. The van der Waals surface area contributed by atoms with Crippen LogP contribution in [0.5, 0.6) is 0 Å². The van der Waals surface area contributed by atoms with E-state index in [4.69, 9.17) is 4.74 Å². The van der Waals surface area contributed by atoms with E-state index in [1.54, 1.807) is 0 Å². The van der Waals surface area contributed by atoms with Crippen molar-refractivity contribution in [3.05, 3.63) is 0 Å². The number of ether oxygens (including phenoxy) is 1. The van der Waals surface area contributed by atoms with Gasteiger partial charge in [-0.3, -0.25) is 4.79 Å². The van der Waals surface area contributed by atoms with Crippen LogP contribution in [0.4, 0.5) is 0 Å². The van der Waals surface area contributed by atoms with Gasteiger partial charge in [-0.2, -0.15) is 11.8 Å². The zero-order valence-corrected chi connectivity index (χ0v) is 16.7. The standard InChI is InChI=1S/C17H33IO2S/c1-2-3-4-5-6-7-8-9-10-11-14-20-17(19)12-15-21-16-13-18/h2-16H2,1H3. The normalized spacial score (nSPS) is 10.8. The van der Waals surface area contributed by atoms with E-state index in [0.717, 1.165) is 22.4 Å². The summed E-state index contributed by atoms with van der Waals surface area (Å²) >= 11 is 4.19. The molecule has 0 aromatic heterocycles. The SMILES string of the molecule is CCCCCCCCCCCCOC(=O)CCSCCI. The minimum absolute atomic E-state index is 0.0214. The number of carbonyl (C=O) groups is 1. The molecule has 126 valence electrons. The van der Waals surface area contributed by atoms with Crippen molar-refractivity contribution in [2.75, 3.05) is 22.5 Å². The van der Waals surface area contributed by atoms with Gasteiger partial charge in [0.05, 0.1) is 13.0 Å². The second kappa shape index (κ2) is 18.6. The van der Waals surface area contributed by atoms with Gasteiger partial charge in [0.2, 0.25) is 0 Å². The van der Waals surface area contributed by atoms with Crippen LogP contribution in [-0.2, 0) is 9.53 Å². The Kier molecular flexibility index (Phi) is 19.1. The van der Waals surface area contributed by atoms with Crippen LogP contribution in [0.25, 0.3) is 0 Å². The Morgan fingerprint density at radius 3 is 2.05 bits per heavy atom. The van der Waals surface area contributed by atoms with Gasteiger partial charge in [0.1, 0.15) is 0 Å². The summed E-state index contributed by atoms with van der Waals surface area (Å²) in [6, 6.07) is 0. The van der Waals surface area contributed by atoms with Gasteiger partial charge in [-0.25, -0.2) is 0 Å². The first-order valence-corrected chi connectivity index (χ1v) is 11.3. The lowest BCUT2D eigenvalue weighted by molar-refractivity contribution is -0.143. The van der Waals surface area contributed by atoms with Gasteiger partial charge in [0.25, 0.3) is 0 Å². The third-order valence-corrected chi connectivity index (χ3v) is 5.69. The molecule has 4 heteroatoms. The van der Waals surface area contributed by atoms with E-state index >= 15 is 0 Å². The van der Waals surface area contributed by atoms with Crippen LogP contribution >= 0.6 is 34.4 Å². The topological polar surface area (TPSA) is 26.3 Å². The molecular weight excluding hydrogens is 395 g/mol. The Morgan fingerprint density at radius 1 is 0.905 bits per heavy atom. The van der Waals surface area contributed by atoms with Gasteiger partial charge in [0.15, 0.2) is 0 Å². The van der Waals surface area contributed by atoms with Crippen LogP contribution in [0.3, 0.4) is 0 Å². The van der Waals surface area contributed by atoms with Gasteiger partial charge in [0, 0.05) is 15.9 Å². The molecule has 0 radical (unpaired) electrons. The summed E-state index contributed by atoms with van der Waals surface area (Å²) in [6.45, 7) is 2.88. The Hall–Kier alpha value is 0.550. The number of halogens is 1. The molecule has 0 bridgehead atoms. The van der Waals surface area contributed by atoms with Gasteiger partial charge >= 0.3 is 5.97 Å². The van der Waals surface area contributed by atoms with Crippen LogP contribution in [0.1, 0.15) is 77.6 Å². The van der Waals surface area contributed by atoms with Crippen molar-refractivity contribution >= 4 is 40.3 Å². The van der Waals surface area contributed by atoms with Crippen molar-refractivity contribution in [2.45, 2.75) is 77.6 Å². The first-order valence-electron chi connectivity index (χ1n) is 8.60. The quantitative estimate of drug-likeness (QED) is 0.130. The average Bonchev–Trinajstić information content (AvgIpc) is 2.49. The first-order chi connectivity index (χ1) is 10.3. The van der Waals surface area contributed by atoms with Crippen molar-refractivity contribution < 1.29 is 9.53 Å². The van der Waals surface area contributed by atoms with E-state index in [-0.39, 0.29) is 5.97 Å². The molecule has 0 rings (SSSR count). The molecule has 0 aliphatic rings. The molecule has 0 aromatic rings. The van der Waals surface area contributed by atoms with Crippen molar-refractivity contribution in [1.82, 2.24) is 0 Å². The Bertz CT molecular complexity index is 225. The van der Waals surface area contributed by atoms with Crippen molar-refractivity contribution in [3.63, 3.8) is 0 Å². The number of carbonyl (C=O) groups excluding carboxylic acids is 1. The van der Waals surface area contributed by atoms with Gasteiger partial charge in [-0.05, 0) is 6.42 Å². The molecule has 0 aromatic carbocycles. The molecule has 0 fully saturated rings. The molecule has 21 heavy (non-hydrogen) atoms. The smallest absolute Gasteiger partial charge is 0.306 e. The summed E-state index contributed by atoms with van der Waals surface area (Å²) in [6.07, 6.45) is 13.7. The number of esters is 1. The number of rotatable bonds is 16. The van der Waals surface area contributed by atoms with Crippen molar-refractivity contribution in [3.8, 4) is 0 Å². The number of hydrogen-bond acceptors (Lipinski definition) is 3. The fraction of sp³-hybridized carbons (Fsp3) is 0.941. The number of hydrogen-bond donors (Lipinski definition) is 0. The highest BCUT2D eigenvalue weighted by molar-refractivity contribution is 14.1. The third-order valence-electron chi connectivity index (χ3n) is 3.43. The van der Waals surface area contributed by atoms with E-state index in [0.29, 0.717) is 13.0 Å². The van der Waals surface area contributed by atoms with Crippen LogP contribution in [0, 0.1) is 0 Å². The van der Waals surface area contributed by atoms with Gasteiger partial charge < -0.3 is 4.74 Å². The molecule has 0 amide bonds. The predicted octanol–water partition coefficient (Wildman–Crippen LogP) is 6.01.